The van der Waals surface area contributed by atoms with Crippen molar-refractivity contribution in [1.29, 1.82) is 0 Å². The number of piperidine rings is 1. The highest BCUT2D eigenvalue weighted by Crippen LogP contribution is 2.26. The third kappa shape index (κ3) is 6.84. The fourth-order valence-electron chi connectivity index (χ4n) is 4.70. The number of amides is 2. The van der Waals surface area contributed by atoms with Crippen molar-refractivity contribution in [2.45, 2.75) is 70.9 Å². The monoisotopic (exact) mass is 399 g/mol. The smallest absolute Gasteiger partial charge is 0.234 e. The molecule has 3 rings (SSSR count). The van der Waals surface area contributed by atoms with Crippen LogP contribution < -0.4 is 5.32 Å². The number of rotatable bonds is 8. The Labute approximate surface area is 175 Å². The Morgan fingerprint density at radius 2 is 1.72 bits per heavy atom. The normalized spacial score (nSPS) is 18.8. The summed E-state index contributed by atoms with van der Waals surface area (Å²) in [4.78, 5) is 29.6. The van der Waals surface area contributed by atoms with E-state index in [4.69, 9.17) is 0 Å². The van der Waals surface area contributed by atoms with E-state index in [1.54, 1.807) is 0 Å². The molecule has 5 heteroatoms. The zero-order chi connectivity index (χ0) is 20.5. The van der Waals surface area contributed by atoms with Gasteiger partial charge in [-0.15, -0.1) is 0 Å². The molecular formula is C24H37N3O2. The van der Waals surface area contributed by atoms with Crippen molar-refractivity contribution in [3.8, 4) is 0 Å². The molecule has 0 aromatic heterocycles. The van der Waals surface area contributed by atoms with Gasteiger partial charge >= 0.3 is 0 Å². The molecule has 0 bridgehead atoms. The topological polar surface area (TPSA) is 52.7 Å². The van der Waals surface area contributed by atoms with E-state index >= 15 is 0 Å². The first-order valence-corrected chi connectivity index (χ1v) is 11.5. The summed E-state index contributed by atoms with van der Waals surface area (Å²) in [5, 5.41) is 3.21. The van der Waals surface area contributed by atoms with Gasteiger partial charge in [-0.05, 0) is 44.2 Å². The van der Waals surface area contributed by atoms with Gasteiger partial charge in [0.05, 0.1) is 6.54 Å². The first-order valence-electron chi connectivity index (χ1n) is 11.5. The summed E-state index contributed by atoms with van der Waals surface area (Å²) in [5.41, 5.74) is 1.24. The van der Waals surface area contributed by atoms with E-state index in [1.165, 1.54) is 24.8 Å². The van der Waals surface area contributed by atoms with Gasteiger partial charge in [-0.1, -0.05) is 56.5 Å². The highest BCUT2D eigenvalue weighted by Gasteiger charge is 2.29. The summed E-state index contributed by atoms with van der Waals surface area (Å²) >= 11 is 0. The van der Waals surface area contributed by atoms with Crippen molar-refractivity contribution >= 4 is 11.8 Å². The Morgan fingerprint density at radius 1 is 1.03 bits per heavy atom. The van der Waals surface area contributed by atoms with Crippen LogP contribution in [0.3, 0.4) is 0 Å². The Bertz CT molecular complexity index is 635. The number of hydrogen-bond donors (Lipinski definition) is 1. The summed E-state index contributed by atoms with van der Waals surface area (Å²) in [6, 6.07) is 10.5. The molecule has 1 aromatic carbocycles. The maximum atomic E-state index is 12.7. The van der Waals surface area contributed by atoms with E-state index in [-0.39, 0.29) is 17.9 Å². The summed E-state index contributed by atoms with van der Waals surface area (Å²) in [6.45, 7) is 5.86. The second-order valence-corrected chi connectivity index (χ2v) is 8.70. The van der Waals surface area contributed by atoms with Crippen LogP contribution in [0.4, 0.5) is 0 Å². The highest BCUT2D eigenvalue weighted by molar-refractivity contribution is 5.79. The fraction of sp³-hybridized carbons (Fsp3) is 0.667. The molecule has 1 saturated heterocycles. The number of nitrogens with one attached hydrogen (secondary N) is 1. The van der Waals surface area contributed by atoms with E-state index in [2.05, 4.69) is 29.3 Å². The minimum atomic E-state index is 0.103. The molecule has 1 aliphatic carbocycles. The predicted octanol–water partition coefficient (Wildman–Crippen LogP) is 3.59. The van der Waals surface area contributed by atoms with Crippen molar-refractivity contribution in [2.24, 2.45) is 5.92 Å². The van der Waals surface area contributed by atoms with Crippen LogP contribution in [0, 0.1) is 5.92 Å². The van der Waals surface area contributed by atoms with Gasteiger partial charge in [-0.3, -0.25) is 14.5 Å². The third-order valence-corrected chi connectivity index (χ3v) is 6.28. The second kappa shape index (κ2) is 11.3. The van der Waals surface area contributed by atoms with Crippen molar-refractivity contribution in [1.82, 2.24) is 15.1 Å². The van der Waals surface area contributed by atoms with Gasteiger partial charge in [-0.25, -0.2) is 0 Å². The summed E-state index contributed by atoms with van der Waals surface area (Å²) in [5.74, 6) is 0.702. The summed E-state index contributed by atoms with van der Waals surface area (Å²) in [6.07, 6.45) is 8.56. The van der Waals surface area contributed by atoms with Crippen LogP contribution in [0.1, 0.15) is 63.9 Å². The standard InChI is InChI=1S/C24H37N3O2/c1-2-15-26(18-20-9-5-3-6-10-20)19-23(28)25-22-13-16-27(17-14-22)24(29)21-11-7-4-8-12-21/h3,5-6,9-10,21-22H,2,4,7-8,11-19H2,1H3,(H,25,28). The van der Waals surface area contributed by atoms with Crippen LogP contribution in [0.15, 0.2) is 30.3 Å². The van der Waals surface area contributed by atoms with Crippen LogP contribution in [0.2, 0.25) is 0 Å². The largest absolute Gasteiger partial charge is 0.352 e. The Balaban J connectivity index is 1.41. The van der Waals surface area contributed by atoms with E-state index in [9.17, 15) is 9.59 Å². The number of likely N-dealkylation sites (tertiary alicyclic amines) is 1. The Morgan fingerprint density at radius 3 is 2.38 bits per heavy atom. The molecule has 5 nitrogen and oxygen atoms in total. The lowest BCUT2D eigenvalue weighted by atomic mass is 9.87. The van der Waals surface area contributed by atoms with Gasteiger partial charge in [0, 0.05) is 31.6 Å². The number of benzene rings is 1. The van der Waals surface area contributed by atoms with Crippen LogP contribution in [0.5, 0.6) is 0 Å². The zero-order valence-corrected chi connectivity index (χ0v) is 17.9. The van der Waals surface area contributed by atoms with Gasteiger partial charge in [0.1, 0.15) is 0 Å². The first kappa shape index (κ1) is 21.8. The van der Waals surface area contributed by atoms with Crippen molar-refractivity contribution in [2.75, 3.05) is 26.2 Å². The second-order valence-electron chi connectivity index (χ2n) is 8.70. The molecule has 0 spiro atoms. The molecule has 1 heterocycles. The minimum Gasteiger partial charge on any atom is -0.352 e. The number of hydrogen-bond acceptors (Lipinski definition) is 3. The number of nitrogens with zero attached hydrogens (tertiary/aromatic N) is 2. The molecule has 1 saturated carbocycles. The van der Waals surface area contributed by atoms with Gasteiger partial charge in [0.15, 0.2) is 0 Å². The lowest BCUT2D eigenvalue weighted by Gasteiger charge is -2.35. The number of carbonyl (C=O) groups is 2. The van der Waals surface area contributed by atoms with Crippen molar-refractivity contribution in [3.05, 3.63) is 35.9 Å². The maximum Gasteiger partial charge on any atom is 0.234 e. The van der Waals surface area contributed by atoms with Crippen molar-refractivity contribution < 1.29 is 9.59 Å². The SMILES string of the molecule is CCCN(CC(=O)NC1CCN(C(=O)C2CCCCC2)CC1)Cc1ccccc1. The minimum absolute atomic E-state index is 0.103. The van der Waals surface area contributed by atoms with E-state index in [0.717, 1.165) is 58.3 Å². The van der Waals surface area contributed by atoms with Gasteiger partial charge < -0.3 is 10.2 Å². The molecular weight excluding hydrogens is 362 g/mol. The van der Waals surface area contributed by atoms with E-state index in [1.807, 2.05) is 23.1 Å². The molecule has 2 aliphatic rings. The third-order valence-electron chi connectivity index (χ3n) is 6.28. The molecule has 0 radical (unpaired) electrons. The molecule has 29 heavy (non-hydrogen) atoms. The molecule has 1 aliphatic heterocycles. The lowest BCUT2D eigenvalue weighted by Crippen LogP contribution is -2.49. The average molecular weight is 400 g/mol. The quantitative estimate of drug-likeness (QED) is 0.727. The lowest BCUT2D eigenvalue weighted by molar-refractivity contribution is -0.137. The van der Waals surface area contributed by atoms with E-state index < -0.39 is 0 Å². The predicted molar refractivity (Wildman–Crippen MR) is 116 cm³/mol. The molecule has 1 aromatic rings. The number of carbonyl (C=O) groups excluding carboxylic acids is 2. The molecule has 160 valence electrons. The highest BCUT2D eigenvalue weighted by atomic mass is 16.2. The Hall–Kier alpha value is -1.88. The van der Waals surface area contributed by atoms with Crippen molar-refractivity contribution in [3.63, 3.8) is 0 Å². The fourth-order valence-corrected chi connectivity index (χ4v) is 4.70. The van der Waals surface area contributed by atoms with Gasteiger partial charge in [0.25, 0.3) is 0 Å². The molecule has 0 atom stereocenters. The maximum absolute atomic E-state index is 12.7. The molecule has 1 N–H and O–H groups in total. The molecule has 0 unspecified atom stereocenters. The van der Waals surface area contributed by atoms with Gasteiger partial charge in [0.2, 0.25) is 11.8 Å². The van der Waals surface area contributed by atoms with Crippen LogP contribution >= 0.6 is 0 Å². The zero-order valence-electron chi connectivity index (χ0n) is 17.9. The molecule has 2 fully saturated rings. The first-order chi connectivity index (χ1) is 14.2. The average Bonchev–Trinajstić information content (AvgIpc) is 2.75. The van der Waals surface area contributed by atoms with Crippen LogP contribution in [-0.2, 0) is 16.1 Å². The Kier molecular flexibility index (Phi) is 8.53. The summed E-state index contributed by atoms with van der Waals surface area (Å²) < 4.78 is 0. The van der Waals surface area contributed by atoms with Crippen LogP contribution in [0.25, 0.3) is 0 Å². The molecule has 2 amide bonds. The van der Waals surface area contributed by atoms with Gasteiger partial charge in [-0.2, -0.15) is 0 Å². The van der Waals surface area contributed by atoms with Crippen LogP contribution in [-0.4, -0.2) is 53.8 Å². The van der Waals surface area contributed by atoms with E-state index in [0.29, 0.717) is 12.5 Å². The summed E-state index contributed by atoms with van der Waals surface area (Å²) in [7, 11) is 0.